The molecule has 1 amide bonds. The van der Waals surface area contributed by atoms with Crippen LogP contribution in [0.1, 0.15) is 28.7 Å². The number of carbonyl (C=O) groups is 1. The van der Waals surface area contributed by atoms with Gasteiger partial charge in [0, 0.05) is 29.5 Å². The molecule has 6 heteroatoms. The monoisotopic (exact) mass is 380 g/mol. The fraction of sp³-hybridized carbons (Fsp3) is 0.190. The summed E-state index contributed by atoms with van der Waals surface area (Å²) in [6, 6.07) is 18.8. The Labute approximate surface area is 164 Å². The van der Waals surface area contributed by atoms with E-state index in [0.717, 1.165) is 17.8 Å². The van der Waals surface area contributed by atoms with E-state index in [9.17, 15) is 4.79 Å². The molecule has 3 aromatic rings. The molecule has 0 aliphatic heterocycles. The van der Waals surface area contributed by atoms with Gasteiger partial charge in [-0.15, -0.1) is 0 Å². The molecule has 0 spiro atoms. The van der Waals surface area contributed by atoms with Crippen LogP contribution in [0.2, 0.25) is 5.02 Å². The molecular formula is C21H21ClN4O. The summed E-state index contributed by atoms with van der Waals surface area (Å²) >= 11 is 5.89. The molecule has 1 heterocycles. The van der Waals surface area contributed by atoms with E-state index in [2.05, 4.69) is 27.4 Å². The van der Waals surface area contributed by atoms with Crippen LogP contribution in [0.25, 0.3) is 0 Å². The summed E-state index contributed by atoms with van der Waals surface area (Å²) in [5.74, 6) is 0.266. The zero-order valence-electron chi connectivity index (χ0n) is 15.3. The highest BCUT2D eigenvalue weighted by molar-refractivity contribution is 6.30. The number of anilines is 2. The Bertz CT molecular complexity index is 913. The van der Waals surface area contributed by atoms with E-state index in [0.29, 0.717) is 28.9 Å². The highest BCUT2D eigenvalue weighted by Crippen LogP contribution is 2.17. The van der Waals surface area contributed by atoms with Gasteiger partial charge in [-0.25, -0.2) is 9.97 Å². The molecule has 2 aromatic carbocycles. The number of hydrogen-bond donors (Lipinski definition) is 1. The van der Waals surface area contributed by atoms with E-state index in [-0.39, 0.29) is 5.91 Å². The smallest absolute Gasteiger partial charge is 0.274 e. The largest absolute Gasteiger partial charge is 0.337 e. The number of amides is 1. The third kappa shape index (κ3) is 5.05. The van der Waals surface area contributed by atoms with Crippen molar-refractivity contribution in [3.63, 3.8) is 0 Å². The molecule has 0 aliphatic rings. The lowest BCUT2D eigenvalue weighted by Crippen LogP contribution is -2.26. The molecule has 138 valence electrons. The highest BCUT2D eigenvalue weighted by atomic mass is 35.5. The fourth-order valence-electron chi connectivity index (χ4n) is 2.67. The Kier molecular flexibility index (Phi) is 6.04. The summed E-state index contributed by atoms with van der Waals surface area (Å²) in [6.45, 7) is 5.32. The zero-order valence-corrected chi connectivity index (χ0v) is 16.1. The van der Waals surface area contributed by atoms with E-state index in [1.807, 2.05) is 36.9 Å². The van der Waals surface area contributed by atoms with Crippen molar-refractivity contribution >= 4 is 29.1 Å². The number of carbonyl (C=O) groups excluding carboxylic acids is 1. The molecule has 1 N–H and O–H groups in total. The van der Waals surface area contributed by atoms with Gasteiger partial charge in [-0.1, -0.05) is 41.9 Å². The first kappa shape index (κ1) is 18.9. The molecule has 0 radical (unpaired) electrons. The first-order chi connectivity index (χ1) is 13.0. The van der Waals surface area contributed by atoms with Crippen LogP contribution in [0, 0.1) is 6.92 Å². The molecule has 0 unspecified atom stereocenters. The van der Waals surface area contributed by atoms with Crippen molar-refractivity contribution in [2.24, 2.45) is 0 Å². The normalized spacial score (nSPS) is 10.5. The van der Waals surface area contributed by atoms with E-state index in [1.54, 1.807) is 30.3 Å². The summed E-state index contributed by atoms with van der Waals surface area (Å²) in [7, 11) is 0. The summed E-state index contributed by atoms with van der Waals surface area (Å²) in [5.41, 5.74) is 2.90. The van der Waals surface area contributed by atoms with Gasteiger partial charge in [0.2, 0.25) is 5.95 Å². The SMILES string of the molecule is CCN(Cc1ccccc1)c1nc(C)cc(C(=O)Nc2ccc(Cl)cc2)n1. The van der Waals surface area contributed by atoms with Crippen LogP contribution >= 0.6 is 11.6 Å². The summed E-state index contributed by atoms with van der Waals surface area (Å²) in [6.07, 6.45) is 0. The average Bonchev–Trinajstić information content (AvgIpc) is 2.68. The van der Waals surface area contributed by atoms with Crippen LogP contribution in [-0.4, -0.2) is 22.4 Å². The molecule has 0 atom stereocenters. The van der Waals surface area contributed by atoms with Crippen LogP contribution in [0.5, 0.6) is 0 Å². The maximum Gasteiger partial charge on any atom is 0.274 e. The van der Waals surface area contributed by atoms with Gasteiger partial charge in [-0.3, -0.25) is 4.79 Å². The quantitative estimate of drug-likeness (QED) is 0.672. The minimum absolute atomic E-state index is 0.278. The van der Waals surface area contributed by atoms with Crippen molar-refractivity contribution in [1.29, 1.82) is 0 Å². The number of hydrogen-bond acceptors (Lipinski definition) is 4. The summed E-state index contributed by atoms with van der Waals surface area (Å²) in [4.78, 5) is 23.7. The summed E-state index contributed by atoms with van der Waals surface area (Å²) < 4.78 is 0. The highest BCUT2D eigenvalue weighted by Gasteiger charge is 2.15. The molecule has 27 heavy (non-hydrogen) atoms. The predicted octanol–water partition coefficient (Wildman–Crippen LogP) is 4.72. The van der Waals surface area contributed by atoms with Crippen molar-refractivity contribution in [3.8, 4) is 0 Å². The molecule has 0 aliphatic carbocycles. The lowest BCUT2D eigenvalue weighted by Gasteiger charge is -2.21. The van der Waals surface area contributed by atoms with Crippen LogP contribution in [0.15, 0.2) is 60.7 Å². The van der Waals surface area contributed by atoms with Crippen LogP contribution in [0.4, 0.5) is 11.6 Å². The van der Waals surface area contributed by atoms with Gasteiger partial charge in [0.1, 0.15) is 5.69 Å². The van der Waals surface area contributed by atoms with E-state index < -0.39 is 0 Å². The topological polar surface area (TPSA) is 58.1 Å². The Morgan fingerprint density at radius 2 is 1.78 bits per heavy atom. The van der Waals surface area contributed by atoms with Gasteiger partial charge in [0.25, 0.3) is 5.91 Å². The molecule has 5 nitrogen and oxygen atoms in total. The fourth-order valence-corrected chi connectivity index (χ4v) is 2.79. The molecule has 0 fully saturated rings. The number of nitrogens with one attached hydrogen (secondary N) is 1. The van der Waals surface area contributed by atoms with E-state index in [1.165, 1.54) is 0 Å². The first-order valence-corrected chi connectivity index (χ1v) is 9.14. The molecular weight excluding hydrogens is 360 g/mol. The number of halogens is 1. The number of nitrogens with zero attached hydrogens (tertiary/aromatic N) is 3. The van der Waals surface area contributed by atoms with Gasteiger partial charge >= 0.3 is 0 Å². The van der Waals surface area contributed by atoms with Crippen molar-refractivity contribution < 1.29 is 4.79 Å². The Morgan fingerprint density at radius 3 is 2.44 bits per heavy atom. The van der Waals surface area contributed by atoms with Crippen molar-refractivity contribution in [3.05, 3.63) is 82.6 Å². The molecule has 0 bridgehead atoms. The van der Waals surface area contributed by atoms with Gasteiger partial charge < -0.3 is 10.2 Å². The maximum atomic E-state index is 12.6. The average molecular weight is 381 g/mol. The zero-order chi connectivity index (χ0) is 19.2. The van der Waals surface area contributed by atoms with Gasteiger partial charge in [-0.2, -0.15) is 0 Å². The number of rotatable bonds is 6. The summed E-state index contributed by atoms with van der Waals surface area (Å²) in [5, 5.41) is 3.46. The van der Waals surface area contributed by atoms with Gasteiger partial charge in [0.05, 0.1) is 0 Å². The van der Waals surface area contributed by atoms with Crippen LogP contribution in [-0.2, 0) is 6.54 Å². The standard InChI is InChI=1S/C21H21ClN4O/c1-3-26(14-16-7-5-4-6-8-16)21-23-15(2)13-19(25-21)20(27)24-18-11-9-17(22)10-12-18/h4-13H,3,14H2,1-2H3,(H,24,27). The Hall–Kier alpha value is -2.92. The van der Waals surface area contributed by atoms with E-state index >= 15 is 0 Å². The van der Waals surface area contributed by atoms with E-state index in [4.69, 9.17) is 11.6 Å². The van der Waals surface area contributed by atoms with Crippen molar-refractivity contribution in [2.75, 3.05) is 16.8 Å². The third-order valence-corrected chi connectivity index (χ3v) is 4.31. The number of benzene rings is 2. The maximum absolute atomic E-state index is 12.6. The molecule has 3 rings (SSSR count). The number of aryl methyl sites for hydroxylation is 1. The van der Waals surface area contributed by atoms with Gasteiger partial charge in [0.15, 0.2) is 0 Å². The second kappa shape index (κ2) is 8.64. The minimum Gasteiger partial charge on any atom is -0.337 e. The van der Waals surface area contributed by atoms with Crippen LogP contribution in [0.3, 0.4) is 0 Å². The third-order valence-electron chi connectivity index (χ3n) is 4.06. The molecule has 0 saturated heterocycles. The Morgan fingerprint density at radius 1 is 1.07 bits per heavy atom. The minimum atomic E-state index is -0.278. The number of aromatic nitrogens is 2. The second-order valence-electron chi connectivity index (χ2n) is 6.16. The van der Waals surface area contributed by atoms with Crippen LogP contribution < -0.4 is 10.2 Å². The lowest BCUT2D eigenvalue weighted by molar-refractivity contribution is 0.102. The van der Waals surface area contributed by atoms with Gasteiger partial charge in [-0.05, 0) is 49.7 Å². The predicted molar refractivity (Wildman–Crippen MR) is 109 cm³/mol. The van der Waals surface area contributed by atoms with Crippen molar-refractivity contribution in [1.82, 2.24) is 9.97 Å². The first-order valence-electron chi connectivity index (χ1n) is 8.76. The second-order valence-corrected chi connectivity index (χ2v) is 6.59. The Balaban J connectivity index is 1.82. The lowest BCUT2D eigenvalue weighted by atomic mass is 10.2. The molecule has 0 saturated carbocycles. The molecule has 1 aromatic heterocycles. The van der Waals surface area contributed by atoms with Crippen molar-refractivity contribution in [2.45, 2.75) is 20.4 Å².